The SMILES string of the molecule is CCCOc1ccc(C(C)Nc2ccc(Cl)c(F)c2)cc1. The highest BCUT2D eigenvalue weighted by molar-refractivity contribution is 6.30. The highest BCUT2D eigenvalue weighted by Crippen LogP contribution is 2.24. The van der Waals surface area contributed by atoms with E-state index < -0.39 is 5.82 Å². The van der Waals surface area contributed by atoms with Gasteiger partial charge in [0.05, 0.1) is 11.6 Å². The summed E-state index contributed by atoms with van der Waals surface area (Å²) in [5.41, 5.74) is 1.81. The van der Waals surface area contributed by atoms with E-state index in [9.17, 15) is 4.39 Å². The predicted molar refractivity (Wildman–Crippen MR) is 85.7 cm³/mol. The molecule has 4 heteroatoms. The number of halogens is 2. The van der Waals surface area contributed by atoms with Crippen LogP contribution in [0.1, 0.15) is 31.9 Å². The van der Waals surface area contributed by atoms with Gasteiger partial charge in [-0.3, -0.25) is 0 Å². The molecule has 0 spiro atoms. The van der Waals surface area contributed by atoms with Crippen LogP contribution in [0.25, 0.3) is 0 Å². The fourth-order valence-electron chi connectivity index (χ4n) is 1.99. The van der Waals surface area contributed by atoms with Crippen LogP contribution in [-0.4, -0.2) is 6.61 Å². The topological polar surface area (TPSA) is 21.3 Å². The molecule has 2 rings (SSSR count). The Labute approximate surface area is 129 Å². The van der Waals surface area contributed by atoms with Gasteiger partial charge in [-0.25, -0.2) is 4.39 Å². The summed E-state index contributed by atoms with van der Waals surface area (Å²) in [5.74, 6) is 0.447. The van der Waals surface area contributed by atoms with Crippen LogP contribution in [0.2, 0.25) is 5.02 Å². The molecular formula is C17H19ClFNO. The quantitative estimate of drug-likeness (QED) is 0.767. The third kappa shape index (κ3) is 4.36. The van der Waals surface area contributed by atoms with Crippen LogP contribution in [0.4, 0.5) is 10.1 Å². The van der Waals surface area contributed by atoms with Gasteiger partial charge in [0, 0.05) is 11.7 Å². The van der Waals surface area contributed by atoms with Gasteiger partial charge in [-0.1, -0.05) is 30.7 Å². The van der Waals surface area contributed by atoms with Crippen LogP contribution in [-0.2, 0) is 0 Å². The summed E-state index contributed by atoms with van der Waals surface area (Å²) in [7, 11) is 0. The van der Waals surface area contributed by atoms with Crippen LogP contribution in [0, 0.1) is 5.82 Å². The Hall–Kier alpha value is -1.74. The molecule has 1 unspecified atom stereocenters. The number of ether oxygens (including phenoxy) is 1. The molecule has 0 fully saturated rings. The summed E-state index contributed by atoms with van der Waals surface area (Å²) >= 11 is 5.68. The fourth-order valence-corrected chi connectivity index (χ4v) is 2.11. The van der Waals surface area contributed by atoms with Gasteiger partial charge in [-0.05, 0) is 49.2 Å². The summed E-state index contributed by atoms with van der Waals surface area (Å²) in [4.78, 5) is 0. The largest absolute Gasteiger partial charge is 0.494 e. The van der Waals surface area contributed by atoms with Crippen molar-refractivity contribution >= 4 is 17.3 Å². The second-order valence-electron chi connectivity index (χ2n) is 4.91. The molecule has 0 amide bonds. The molecule has 112 valence electrons. The van der Waals surface area contributed by atoms with Gasteiger partial charge in [-0.15, -0.1) is 0 Å². The summed E-state index contributed by atoms with van der Waals surface area (Å²) in [6, 6.07) is 12.7. The predicted octanol–water partition coefficient (Wildman–Crippen LogP) is 5.44. The van der Waals surface area contributed by atoms with Gasteiger partial charge in [-0.2, -0.15) is 0 Å². The molecule has 1 N–H and O–H groups in total. The minimum absolute atomic E-state index is 0.0609. The van der Waals surface area contributed by atoms with Gasteiger partial charge in [0.2, 0.25) is 0 Å². The molecule has 2 nitrogen and oxygen atoms in total. The molecule has 1 atom stereocenters. The van der Waals surface area contributed by atoms with E-state index in [0.717, 1.165) is 24.3 Å². The monoisotopic (exact) mass is 307 g/mol. The van der Waals surface area contributed by atoms with E-state index >= 15 is 0 Å². The van der Waals surface area contributed by atoms with Crippen LogP contribution in [0.15, 0.2) is 42.5 Å². The van der Waals surface area contributed by atoms with Gasteiger partial charge >= 0.3 is 0 Å². The molecule has 0 radical (unpaired) electrons. The lowest BCUT2D eigenvalue weighted by Gasteiger charge is -2.16. The zero-order valence-corrected chi connectivity index (χ0v) is 13.0. The second kappa shape index (κ2) is 7.32. The van der Waals surface area contributed by atoms with Crippen LogP contribution < -0.4 is 10.1 Å². The Morgan fingerprint density at radius 1 is 1.19 bits per heavy atom. The lowest BCUT2D eigenvalue weighted by atomic mass is 10.1. The van der Waals surface area contributed by atoms with Crippen molar-refractivity contribution in [1.82, 2.24) is 0 Å². The van der Waals surface area contributed by atoms with Crippen molar-refractivity contribution in [1.29, 1.82) is 0 Å². The molecule has 2 aromatic carbocycles. The van der Waals surface area contributed by atoms with Crippen molar-refractivity contribution in [2.24, 2.45) is 0 Å². The van der Waals surface area contributed by atoms with Gasteiger partial charge < -0.3 is 10.1 Å². The Morgan fingerprint density at radius 3 is 2.52 bits per heavy atom. The highest BCUT2D eigenvalue weighted by Gasteiger charge is 2.07. The van der Waals surface area contributed by atoms with Crippen LogP contribution in [0.5, 0.6) is 5.75 Å². The fraction of sp³-hybridized carbons (Fsp3) is 0.294. The molecular weight excluding hydrogens is 289 g/mol. The zero-order chi connectivity index (χ0) is 15.2. The number of benzene rings is 2. The van der Waals surface area contributed by atoms with Crippen molar-refractivity contribution in [3.8, 4) is 5.75 Å². The molecule has 0 heterocycles. The molecule has 0 saturated carbocycles. The summed E-state index contributed by atoms with van der Waals surface area (Å²) in [5, 5.41) is 3.38. The lowest BCUT2D eigenvalue weighted by Crippen LogP contribution is -2.06. The van der Waals surface area contributed by atoms with E-state index in [2.05, 4.69) is 12.2 Å². The second-order valence-corrected chi connectivity index (χ2v) is 5.32. The molecule has 2 aromatic rings. The maximum absolute atomic E-state index is 13.4. The summed E-state index contributed by atoms with van der Waals surface area (Å²) < 4.78 is 19.0. The third-order valence-electron chi connectivity index (χ3n) is 3.16. The molecule has 0 bridgehead atoms. The van der Waals surface area contributed by atoms with E-state index in [1.807, 2.05) is 31.2 Å². The van der Waals surface area contributed by atoms with Crippen LogP contribution >= 0.6 is 11.6 Å². The first-order valence-electron chi connectivity index (χ1n) is 7.04. The maximum Gasteiger partial charge on any atom is 0.143 e. The summed E-state index contributed by atoms with van der Waals surface area (Å²) in [6.45, 7) is 4.82. The first-order valence-corrected chi connectivity index (χ1v) is 7.42. The average molecular weight is 308 g/mol. The molecule has 0 aliphatic heterocycles. The molecule has 0 saturated heterocycles. The number of nitrogens with one attached hydrogen (secondary N) is 1. The number of hydrogen-bond donors (Lipinski definition) is 1. The van der Waals surface area contributed by atoms with E-state index in [4.69, 9.17) is 16.3 Å². The van der Waals surface area contributed by atoms with Gasteiger partial charge in [0.15, 0.2) is 0 Å². The Morgan fingerprint density at radius 2 is 1.90 bits per heavy atom. The van der Waals surface area contributed by atoms with Crippen LogP contribution in [0.3, 0.4) is 0 Å². The lowest BCUT2D eigenvalue weighted by molar-refractivity contribution is 0.317. The maximum atomic E-state index is 13.4. The minimum atomic E-state index is -0.419. The number of hydrogen-bond acceptors (Lipinski definition) is 2. The van der Waals surface area contributed by atoms with Crippen molar-refractivity contribution in [3.05, 3.63) is 58.9 Å². The van der Waals surface area contributed by atoms with E-state index in [0.29, 0.717) is 5.69 Å². The van der Waals surface area contributed by atoms with E-state index in [-0.39, 0.29) is 11.1 Å². The normalized spacial score (nSPS) is 12.0. The third-order valence-corrected chi connectivity index (χ3v) is 3.46. The van der Waals surface area contributed by atoms with Gasteiger partial charge in [0.1, 0.15) is 11.6 Å². The molecule has 0 aromatic heterocycles. The van der Waals surface area contributed by atoms with Crippen molar-refractivity contribution < 1.29 is 9.13 Å². The Kier molecular flexibility index (Phi) is 5.45. The average Bonchev–Trinajstić information content (AvgIpc) is 2.49. The minimum Gasteiger partial charge on any atom is -0.494 e. The molecule has 0 aliphatic rings. The molecule has 21 heavy (non-hydrogen) atoms. The van der Waals surface area contributed by atoms with E-state index in [1.54, 1.807) is 12.1 Å². The van der Waals surface area contributed by atoms with Gasteiger partial charge in [0.25, 0.3) is 0 Å². The van der Waals surface area contributed by atoms with Crippen molar-refractivity contribution in [2.45, 2.75) is 26.3 Å². The first-order chi connectivity index (χ1) is 10.1. The Bertz CT molecular complexity index is 586. The van der Waals surface area contributed by atoms with Crippen molar-refractivity contribution in [3.63, 3.8) is 0 Å². The van der Waals surface area contributed by atoms with Crippen molar-refractivity contribution in [2.75, 3.05) is 11.9 Å². The number of rotatable bonds is 6. The molecule has 0 aliphatic carbocycles. The first kappa shape index (κ1) is 15.6. The van der Waals surface area contributed by atoms with E-state index in [1.165, 1.54) is 6.07 Å². The number of anilines is 1. The zero-order valence-electron chi connectivity index (χ0n) is 12.2. The highest BCUT2D eigenvalue weighted by atomic mass is 35.5. The summed E-state index contributed by atoms with van der Waals surface area (Å²) in [6.07, 6.45) is 0.988. The smallest absolute Gasteiger partial charge is 0.143 e. The standard InChI is InChI=1S/C17H19ClFNO/c1-3-10-21-15-7-4-13(5-8-15)12(2)20-14-6-9-16(18)17(19)11-14/h4-9,11-12,20H,3,10H2,1-2H3. The Balaban J connectivity index is 2.02.